The topological polar surface area (TPSA) is 93.5 Å². The largest absolute Gasteiger partial charge is 0.374 e. The molecule has 2 aromatic heterocycles. The third-order valence-electron chi connectivity index (χ3n) is 4.67. The van der Waals surface area contributed by atoms with E-state index in [4.69, 9.17) is 4.74 Å². The molecule has 2 aliphatic rings. The first-order valence-electron chi connectivity index (χ1n) is 8.20. The number of ether oxygens (including phenoxy) is 1. The molecule has 0 spiro atoms. The van der Waals surface area contributed by atoms with E-state index in [1.807, 2.05) is 0 Å². The summed E-state index contributed by atoms with van der Waals surface area (Å²) in [5, 5.41) is 4.02. The number of fused-ring (bicyclic) bond motifs is 3. The van der Waals surface area contributed by atoms with Crippen LogP contribution in [0.4, 0.5) is 0 Å². The third-order valence-corrected chi connectivity index (χ3v) is 7.08. The van der Waals surface area contributed by atoms with Gasteiger partial charge in [0.2, 0.25) is 10.0 Å². The molecule has 0 bridgehead atoms. The summed E-state index contributed by atoms with van der Waals surface area (Å²) in [6.07, 6.45) is 3.22. The number of hydrogen-bond acceptors (Lipinski definition) is 7. The molecule has 1 saturated heterocycles. The molecule has 4 rings (SSSR count). The van der Waals surface area contributed by atoms with Gasteiger partial charge in [0.05, 0.1) is 37.2 Å². The summed E-state index contributed by atoms with van der Waals surface area (Å²) in [6.45, 7) is 2.90. The fraction of sp³-hybridized carbons (Fsp3) is 0.600. The van der Waals surface area contributed by atoms with Crippen LogP contribution in [0.5, 0.6) is 0 Å². The van der Waals surface area contributed by atoms with Crippen LogP contribution in [-0.2, 0) is 34.3 Å². The van der Waals surface area contributed by atoms with Gasteiger partial charge in [0.1, 0.15) is 4.83 Å². The second-order valence-corrected chi connectivity index (χ2v) is 9.49. The number of hydrogen-bond donors (Lipinski definition) is 1. The Hall–Kier alpha value is -1.33. The molecular weight excluding hydrogens is 364 g/mol. The summed E-state index contributed by atoms with van der Waals surface area (Å²) in [5.41, 5.74) is 1.04. The maximum atomic E-state index is 12.9. The predicted molar refractivity (Wildman–Crippen MR) is 95.4 cm³/mol. The Morgan fingerprint density at radius 3 is 3.12 bits per heavy atom. The van der Waals surface area contributed by atoms with Crippen molar-refractivity contribution in [3.8, 4) is 0 Å². The van der Waals surface area contributed by atoms with E-state index in [2.05, 4.69) is 10.3 Å². The van der Waals surface area contributed by atoms with Crippen LogP contribution >= 0.6 is 11.3 Å². The molecule has 136 valence electrons. The van der Waals surface area contributed by atoms with Gasteiger partial charge in [0.25, 0.3) is 5.56 Å². The van der Waals surface area contributed by atoms with E-state index in [1.165, 1.54) is 15.4 Å². The number of thiophene rings is 1. The first-order valence-corrected chi connectivity index (χ1v) is 10.9. The summed E-state index contributed by atoms with van der Waals surface area (Å²) in [7, 11) is -3.25. The molecule has 0 radical (unpaired) electrons. The average Bonchev–Trinajstić information content (AvgIpc) is 2.96. The fourth-order valence-electron chi connectivity index (χ4n) is 3.40. The van der Waals surface area contributed by atoms with Gasteiger partial charge in [-0.25, -0.2) is 13.4 Å². The lowest BCUT2D eigenvalue weighted by Gasteiger charge is -2.31. The molecule has 4 heterocycles. The molecule has 1 N–H and O–H groups in total. The van der Waals surface area contributed by atoms with Crippen molar-refractivity contribution in [2.45, 2.75) is 25.6 Å². The molecule has 0 aliphatic carbocycles. The second kappa shape index (κ2) is 6.44. The number of sulfonamides is 1. The van der Waals surface area contributed by atoms with Crippen molar-refractivity contribution in [2.75, 3.05) is 32.5 Å². The number of aromatic nitrogens is 2. The summed E-state index contributed by atoms with van der Waals surface area (Å²) in [5.74, 6) is 0. The number of morpholine rings is 1. The van der Waals surface area contributed by atoms with Crippen molar-refractivity contribution >= 4 is 31.6 Å². The highest BCUT2D eigenvalue weighted by Gasteiger charge is 2.27. The van der Waals surface area contributed by atoms with E-state index < -0.39 is 10.0 Å². The zero-order chi connectivity index (χ0) is 17.6. The Morgan fingerprint density at radius 1 is 1.48 bits per heavy atom. The molecule has 8 nitrogen and oxygen atoms in total. The summed E-state index contributed by atoms with van der Waals surface area (Å²) in [4.78, 5) is 19.3. The van der Waals surface area contributed by atoms with Crippen LogP contribution in [0.1, 0.15) is 10.4 Å². The third kappa shape index (κ3) is 3.24. The quantitative estimate of drug-likeness (QED) is 0.785. The van der Waals surface area contributed by atoms with Crippen molar-refractivity contribution in [3.63, 3.8) is 0 Å². The molecule has 1 fully saturated rings. The zero-order valence-corrected chi connectivity index (χ0v) is 15.5. The van der Waals surface area contributed by atoms with Gasteiger partial charge in [-0.1, -0.05) is 0 Å². The van der Waals surface area contributed by atoms with Gasteiger partial charge in [0, 0.05) is 24.5 Å². The van der Waals surface area contributed by atoms with E-state index in [0.29, 0.717) is 25.1 Å². The van der Waals surface area contributed by atoms with Crippen molar-refractivity contribution < 1.29 is 13.2 Å². The van der Waals surface area contributed by atoms with Crippen LogP contribution < -0.4 is 10.9 Å². The molecule has 0 saturated carbocycles. The minimum absolute atomic E-state index is 0.0653. The van der Waals surface area contributed by atoms with Gasteiger partial charge in [0.15, 0.2) is 0 Å². The van der Waals surface area contributed by atoms with Crippen LogP contribution in [0, 0.1) is 0 Å². The van der Waals surface area contributed by atoms with Crippen LogP contribution in [-0.4, -0.2) is 60.9 Å². The number of rotatable bonds is 3. The smallest absolute Gasteiger partial charge is 0.262 e. The van der Waals surface area contributed by atoms with Gasteiger partial charge in [-0.05, 0) is 18.5 Å². The Morgan fingerprint density at radius 2 is 2.32 bits per heavy atom. The number of nitrogens with zero attached hydrogens (tertiary/aromatic N) is 3. The van der Waals surface area contributed by atoms with Crippen LogP contribution in [0.2, 0.25) is 0 Å². The van der Waals surface area contributed by atoms with Gasteiger partial charge >= 0.3 is 0 Å². The Balaban J connectivity index is 1.64. The van der Waals surface area contributed by atoms with Gasteiger partial charge in [-0.2, -0.15) is 4.31 Å². The highest BCUT2D eigenvalue weighted by molar-refractivity contribution is 7.88. The minimum Gasteiger partial charge on any atom is -0.374 e. The lowest BCUT2D eigenvalue weighted by atomic mass is 10.1. The Bertz CT molecular complexity index is 966. The summed E-state index contributed by atoms with van der Waals surface area (Å²) >= 11 is 1.57. The molecule has 2 aromatic rings. The van der Waals surface area contributed by atoms with E-state index in [0.717, 1.165) is 29.9 Å². The number of nitrogens with one attached hydrogen (secondary N) is 1. The van der Waals surface area contributed by atoms with Crippen molar-refractivity contribution in [3.05, 3.63) is 27.1 Å². The molecular formula is C15H20N4O4S2. The van der Waals surface area contributed by atoms with E-state index in [1.54, 1.807) is 22.2 Å². The lowest BCUT2D eigenvalue weighted by molar-refractivity contribution is -0.0106. The van der Waals surface area contributed by atoms with Gasteiger partial charge in [-0.3, -0.25) is 9.36 Å². The second-order valence-electron chi connectivity index (χ2n) is 6.43. The maximum absolute atomic E-state index is 12.9. The average molecular weight is 384 g/mol. The maximum Gasteiger partial charge on any atom is 0.262 e. The highest BCUT2D eigenvalue weighted by atomic mass is 32.2. The molecule has 0 amide bonds. The Kier molecular flexibility index (Phi) is 4.40. The standard InChI is InChI=1S/C15H20N4O4S2/c1-25(21,22)19-4-5-23-10(8-19)7-18-9-17-14-13(15(18)20)11-2-3-16-6-12(11)24-14/h9-10,16H,2-8H2,1H3/t10-/m0/s1. The fourth-order valence-corrected chi connectivity index (χ4v) is 5.39. The molecule has 2 aliphatic heterocycles. The van der Waals surface area contributed by atoms with Crippen LogP contribution in [0.25, 0.3) is 10.2 Å². The molecule has 0 unspecified atom stereocenters. The van der Waals surface area contributed by atoms with E-state index in [9.17, 15) is 13.2 Å². The van der Waals surface area contributed by atoms with E-state index >= 15 is 0 Å². The predicted octanol–water partition coefficient (Wildman–Crippen LogP) is -0.236. The van der Waals surface area contributed by atoms with Crippen molar-refractivity contribution in [1.29, 1.82) is 0 Å². The first kappa shape index (κ1) is 17.1. The molecule has 1 atom stereocenters. The molecule has 25 heavy (non-hydrogen) atoms. The lowest BCUT2D eigenvalue weighted by Crippen LogP contribution is -2.47. The van der Waals surface area contributed by atoms with Crippen molar-refractivity contribution in [1.82, 2.24) is 19.2 Å². The van der Waals surface area contributed by atoms with Gasteiger partial charge < -0.3 is 10.1 Å². The summed E-state index contributed by atoms with van der Waals surface area (Å²) in [6, 6.07) is 0. The highest BCUT2D eigenvalue weighted by Crippen LogP contribution is 2.29. The van der Waals surface area contributed by atoms with E-state index in [-0.39, 0.29) is 18.2 Å². The normalized spacial score (nSPS) is 22.2. The molecule has 0 aromatic carbocycles. The zero-order valence-electron chi connectivity index (χ0n) is 13.9. The minimum atomic E-state index is -3.25. The Labute approximate surface area is 149 Å². The van der Waals surface area contributed by atoms with Gasteiger partial charge in [-0.15, -0.1) is 11.3 Å². The first-order chi connectivity index (χ1) is 11.9. The van der Waals surface area contributed by atoms with Crippen LogP contribution in [0.15, 0.2) is 11.1 Å². The van der Waals surface area contributed by atoms with Crippen molar-refractivity contribution in [2.24, 2.45) is 0 Å². The monoisotopic (exact) mass is 384 g/mol. The molecule has 10 heteroatoms. The summed E-state index contributed by atoms with van der Waals surface area (Å²) < 4.78 is 32.1. The van der Waals surface area contributed by atoms with Crippen LogP contribution in [0.3, 0.4) is 0 Å². The SMILES string of the molecule is CS(=O)(=O)N1CCO[C@@H](Cn2cnc3sc4c(c3c2=O)CCNC4)C1.